The van der Waals surface area contributed by atoms with E-state index in [-0.39, 0.29) is 11.7 Å². The van der Waals surface area contributed by atoms with E-state index in [1.54, 1.807) is 42.5 Å². The first-order valence-electron chi connectivity index (χ1n) is 8.63. The second kappa shape index (κ2) is 7.29. The van der Waals surface area contributed by atoms with Gasteiger partial charge in [0.25, 0.3) is 5.89 Å². The van der Waals surface area contributed by atoms with Crippen LogP contribution >= 0.6 is 11.6 Å². The van der Waals surface area contributed by atoms with Crippen molar-refractivity contribution in [3.63, 3.8) is 0 Å². The van der Waals surface area contributed by atoms with Crippen LogP contribution in [0, 0.1) is 6.92 Å². The summed E-state index contributed by atoms with van der Waals surface area (Å²) >= 11 is 5.92. The molecular formula is C22H16ClN3O2. The summed E-state index contributed by atoms with van der Waals surface area (Å²) in [6.45, 7) is 1.90. The number of rotatable bonds is 4. The first kappa shape index (κ1) is 17.9. The highest BCUT2D eigenvalue weighted by molar-refractivity contribution is 6.30. The van der Waals surface area contributed by atoms with Crippen LogP contribution < -0.4 is 5.73 Å². The number of hydrogen-bond acceptors (Lipinski definition) is 5. The quantitative estimate of drug-likeness (QED) is 0.384. The van der Waals surface area contributed by atoms with Crippen LogP contribution in [0.5, 0.6) is 0 Å². The van der Waals surface area contributed by atoms with Crippen LogP contribution in [0.4, 0.5) is 5.69 Å². The summed E-state index contributed by atoms with van der Waals surface area (Å²) in [4.78, 5) is 17.5. The van der Waals surface area contributed by atoms with Gasteiger partial charge < -0.3 is 10.3 Å². The van der Waals surface area contributed by atoms with Gasteiger partial charge in [-0.15, -0.1) is 0 Å². The number of halogens is 1. The average Bonchev–Trinajstić information content (AvgIpc) is 3.20. The van der Waals surface area contributed by atoms with Crippen molar-refractivity contribution in [3.8, 4) is 22.8 Å². The number of benzene rings is 3. The molecule has 6 heteroatoms. The molecule has 2 N–H and O–H groups in total. The molecule has 0 spiro atoms. The van der Waals surface area contributed by atoms with Gasteiger partial charge in [0.2, 0.25) is 5.82 Å². The molecule has 0 bridgehead atoms. The number of ketones is 1. The molecule has 4 aromatic rings. The lowest BCUT2D eigenvalue weighted by molar-refractivity contribution is 0.103. The van der Waals surface area contributed by atoms with Gasteiger partial charge in [0.15, 0.2) is 5.78 Å². The number of carbonyl (C=O) groups is 1. The Kier molecular flexibility index (Phi) is 4.67. The van der Waals surface area contributed by atoms with Gasteiger partial charge in [-0.2, -0.15) is 4.98 Å². The summed E-state index contributed by atoms with van der Waals surface area (Å²) in [5, 5.41) is 4.65. The highest BCUT2D eigenvalue weighted by Gasteiger charge is 2.20. The number of nitrogens with two attached hydrogens (primary N) is 1. The van der Waals surface area contributed by atoms with E-state index in [1.165, 1.54) is 0 Å². The van der Waals surface area contributed by atoms with Crippen LogP contribution in [0.25, 0.3) is 22.8 Å². The zero-order valence-corrected chi connectivity index (χ0v) is 15.8. The van der Waals surface area contributed by atoms with E-state index < -0.39 is 0 Å². The number of nitrogens with zero attached hydrogens (tertiary/aromatic N) is 2. The fraction of sp³-hybridized carbons (Fsp3) is 0.0455. The first-order chi connectivity index (χ1) is 13.5. The predicted octanol–water partition coefficient (Wildman–Crippen LogP) is 5.18. The summed E-state index contributed by atoms with van der Waals surface area (Å²) in [5.74, 6) is 0.551. The SMILES string of the molecule is Cc1c(N)cccc1-c1noc(-c2ccccc2C(=O)c2ccc(Cl)cc2)n1. The minimum absolute atomic E-state index is 0.146. The fourth-order valence-electron chi connectivity index (χ4n) is 2.96. The third-order valence-corrected chi connectivity index (χ3v) is 4.80. The molecule has 0 unspecified atom stereocenters. The molecule has 0 aliphatic carbocycles. The van der Waals surface area contributed by atoms with Gasteiger partial charge in [-0.25, -0.2) is 0 Å². The zero-order valence-electron chi connectivity index (χ0n) is 15.0. The first-order valence-corrected chi connectivity index (χ1v) is 9.01. The van der Waals surface area contributed by atoms with E-state index in [2.05, 4.69) is 10.1 Å². The molecule has 0 fully saturated rings. The third-order valence-electron chi connectivity index (χ3n) is 4.55. The molecular weight excluding hydrogens is 374 g/mol. The normalized spacial score (nSPS) is 10.8. The van der Waals surface area contributed by atoms with Gasteiger partial charge in [-0.1, -0.05) is 47.1 Å². The summed E-state index contributed by atoms with van der Waals surface area (Å²) in [7, 11) is 0. The van der Waals surface area contributed by atoms with Crippen LogP contribution in [0.3, 0.4) is 0 Å². The lowest BCUT2D eigenvalue weighted by Gasteiger charge is -2.06. The van der Waals surface area contributed by atoms with Crippen molar-refractivity contribution >= 4 is 23.1 Å². The van der Waals surface area contributed by atoms with E-state index in [0.29, 0.717) is 33.2 Å². The number of nitrogen functional groups attached to an aromatic ring is 1. The average molecular weight is 390 g/mol. The number of hydrogen-bond donors (Lipinski definition) is 1. The van der Waals surface area contributed by atoms with Crippen molar-refractivity contribution in [1.82, 2.24) is 10.1 Å². The van der Waals surface area contributed by atoms with E-state index in [1.807, 2.05) is 31.2 Å². The maximum Gasteiger partial charge on any atom is 0.258 e. The number of carbonyl (C=O) groups excluding carboxylic acids is 1. The number of aromatic nitrogens is 2. The van der Waals surface area contributed by atoms with E-state index >= 15 is 0 Å². The summed E-state index contributed by atoms with van der Waals surface area (Å²) < 4.78 is 5.47. The van der Waals surface area contributed by atoms with E-state index in [0.717, 1.165) is 11.1 Å². The minimum atomic E-state index is -0.146. The molecule has 4 rings (SSSR count). The molecule has 0 atom stereocenters. The van der Waals surface area contributed by atoms with E-state index in [4.69, 9.17) is 21.9 Å². The Morgan fingerprint density at radius 2 is 1.68 bits per heavy atom. The second-order valence-corrected chi connectivity index (χ2v) is 6.76. The smallest absolute Gasteiger partial charge is 0.258 e. The van der Waals surface area contributed by atoms with Crippen molar-refractivity contribution in [3.05, 3.63) is 88.4 Å². The molecule has 0 radical (unpaired) electrons. The van der Waals surface area contributed by atoms with Crippen LogP contribution in [-0.2, 0) is 0 Å². The van der Waals surface area contributed by atoms with Crippen molar-refractivity contribution in [2.45, 2.75) is 6.92 Å². The zero-order chi connectivity index (χ0) is 19.7. The molecule has 5 nitrogen and oxygen atoms in total. The highest BCUT2D eigenvalue weighted by atomic mass is 35.5. The molecule has 0 saturated heterocycles. The topological polar surface area (TPSA) is 82.0 Å². The lowest BCUT2D eigenvalue weighted by atomic mass is 9.98. The summed E-state index contributed by atoms with van der Waals surface area (Å²) in [6, 6.07) is 19.4. The Labute approximate surface area is 166 Å². The highest BCUT2D eigenvalue weighted by Crippen LogP contribution is 2.29. The third kappa shape index (κ3) is 3.28. The van der Waals surface area contributed by atoms with Crippen LogP contribution in [-0.4, -0.2) is 15.9 Å². The Balaban J connectivity index is 1.75. The molecule has 138 valence electrons. The monoisotopic (exact) mass is 389 g/mol. The van der Waals surface area contributed by atoms with Crippen molar-refractivity contribution in [2.24, 2.45) is 0 Å². The van der Waals surface area contributed by atoms with Gasteiger partial charge >= 0.3 is 0 Å². The van der Waals surface area contributed by atoms with Crippen molar-refractivity contribution in [1.29, 1.82) is 0 Å². The molecule has 0 saturated carbocycles. The van der Waals surface area contributed by atoms with Gasteiger partial charge in [0, 0.05) is 27.4 Å². The molecule has 28 heavy (non-hydrogen) atoms. The molecule has 0 aliphatic heterocycles. The predicted molar refractivity (Wildman–Crippen MR) is 109 cm³/mol. The lowest BCUT2D eigenvalue weighted by Crippen LogP contribution is -2.03. The van der Waals surface area contributed by atoms with Crippen LogP contribution in [0.1, 0.15) is 21.5 Å². The molecule has 3 aromatic carbocycles. The van der Waals surface area contributed by atoms with Crippen LogP contribution in [0.2, 0.25) is 5.02 Å². The van der Waals surface area contributed by atoms with Gasteiger partial charge in [-0.05, 0) is 48.9 Å². The Bertz CT molecular complexity index is 1170. The molecule has 0 aliphatic rings. The maximum atomic E-state index is 13.0. The summed E-state index contributed by atoms with van der Waals surface area (Å²) in [6.07, 6.45) is 0. The second-order valence-electron chi connectivity index (χ2n) is 6.32. The van der Waals surface area contributed by atoms with Crippen molar-refractivity contribution in [2.75, 3.05) is 5.73 Å². The standard InChI is InChI=1S/C22H16ClN3O2/c1-13-16(7-4-8-19(13)24)21-25-22(28-26-21)18-6-3-2-5-17(18)20(27)14-9-11-15(23)12-10-14/h2-12H,24H2,1H3. The molecule has 0 amide bonds. The summed E-state index contributed by atoms with van der Waals surface area (Å²) in [5.41, 5.74) is 9.87. The van der Waals surface area contributed by atoms with Gasteiger partial charge in [0.1, 0.15) is 0 Å². The largest absolute Gasteiger partial charge is 0.398 e. The van der Waals surface area contributed by atoms with Crippen LogP contribution in [0.15, 0.2) is 71.3 Å². The molecule has 1 aromatic heterocycles. The molecule has 1 heterocycles. The van der Waals surface area contributed by atoms with Crippen molar-refractivity contribution < 1.29 is 9.32 Å². The Hall–Kier alpha value is -3.44. The minimum Gasteiger partial charge on any atom is -0.398 e. The van der Waals surface area contributed by atoms with E-state index in [9.17, 15) is 4.79 Å². The van der Waals surface area contributed by atoms with Gasteiger partial charge in [-0.3, -0.25) is 4.79 Å². The maximum absolute atomic E-state index is 13.0. The fourth-order valence-corrected chi connectivity index (χ4v) is 3.09. The number of anilines is 1. The Morgan fingerprint density at radius 1 is 0.964 bits per heavy atom. The Morgan fingerprint density at radius 3 is 2.46 bits per heavy atom. The van der Waals surface area contributed by atoms with Gasteiger partial charge in [0.05, 0.1) is 5.56 Å².